The van der Waals surface area contributed by atoms with Crippen LogP contribution in [0.5, 0.6) is 0 Å². The smallest absolute Gasteiger partial charge is 0.183 e. The molecule has 1 aromatic heterocycles. The number of nitrogens with zero attached hydrogens (tertiary/aromatic N) is 1. The Kier molecular flexibility index (Phi) is 4.59. The summed E-state index contributed by atoms with van der Waals surface area (Å²) >= 11 is 0. The molecule has 21 heavy (non-hydrogen) atoms. The maximum atomic E-state index is 12.6. The van der Waals surface area contributed by atoms with Crippen LogP contribution in [0.15, 0.2) is 53.3 Å². The molecule has 0 N–H and O–H groups in total. The summed E-state index contributed by atoms with van der Waals surface area (Å²) in [6.45, 7) is 1.77. The molecule has 0 aliphatic carbocycles. The van der Waals surface area contributed by atoms with E-state index in [0.717, 1.165) is 5.56 Å². The molecule has 3 nitrogen and oxygen atoms in total. The number of Topliss-reactive ketones (excluding diaryl/α,β-unsaturated/α-hetero) is 1. The maximum Gasteiger partial charge on any atom is 0.183 e. The Morgan fingerprint density at radius 1 is 1.29 bits per heavy atom. The topological polar surface area (TPSA) is 54.0 Å². The summed E-state index contributed by atoms with van der Waals surface area (Å²) in [5.41, 5.74) is 0.439. The van der Waals surface area contributed by atoms with Gasteiger partial charge in [0.1, 0.15) is 6.26 Å². The Balaban J connectivity index is 2.32. The first-order valence-corrected chi connectivity index (χ1v) is 6.68. The van der Waals surface area contributed by atoms with Crippen molar-refractivity contribution in [2.75, 3.05) is 0 Å². The second-order valence-electron chi connectivity index (χ2n) is 4.95. The van der Waals surface area contributed by atoms with Crippen LogP contribution < -0.4 is 0 Å². The highest BCUT2D eigenvalue weighted by Gasteiger charge is 2.32. The molecular weight excluding hydrogens is 262 g/mol. The fraction of sp³-hybridized carbons (Fsp3) is 0.222. The molecule has 104 valence electrons. The molecule has 0 spiro atoms. The molecule has 1 unspecified atom stereocenters. The summed E-state index contributed by atoms with van der Waals surface area (Å²) in [5, 5.41) is 8.80. The molecule has 0 radical (unpaired) electrons. The Bertz CT molecular complexity index is 699. The van der Waals surface area contributed by atoms with Gasteiger partial charge in [-0.05, 0) is 31.5 Å². The molecular formula is C18H15NO2. The molecule has 0 amide bonds. The predicted octanol–water partition coefficient (Wildman–Crippen LogP) is 3.82. The molecule has 0 fully saturated rings. The van der Waals surface area contributed by atoms with Crippen LogP contribution in [0.3, 0.4) is 0 Å². The van der Waals surface area contributed by atoms with Crippen molar-refractivity contribution in [2.24, 2.45) is 5.41 Å². The van der Waals surface area contributed by atoms with Crippen LogP contribution in [0.4, 0.5) is 0 Å². The lowest BCUT2D eigenvalue weighted by molar-refractivity contribution is 0.0870. The van der Waals surface area contributed by atoms with Gasteiger partial charge in [-0.1, -0.05) is 30.0 Å². The third-order valence-electron chi connectivity index (χ3n) is 3.28. The lowest BCUT2D eigenvalue weighted by atomic mass is 9.79. The summed E-state index contributed by atoms with van der Waals surface area (Å²) < 4.78 is 4.96. The van der Waals surface area contributed by atoms with Gasteiger partial charge in [-0.3, -0.25) is 4.79 Å². The van der Waals surface area contributed by atoms with Crippen molar-refractivity contribution in [3.05, 3.63) is 60.1 Å². The number of benzene rings is 1. The summed E-state index contributed by atoms with van der Waals surface area (Å²) in [4.78, 5) is 12.6. The Morgan fingerprint density at radius 2 is 2.05 bits per heavy atom. The first-order valence-electron chi connectivity index (χ1n) is 6.68. The van der Waals surface area contributed by atoms with E-state index >= 15 is 0 Å². The highest BCUT2D eigenvalue weighted by atomic mass is 16.3. The van der Waals surface area contributed by atoms with Gasteiger partial charge in [0.15, 0.2) is 5.78 Å². The number of ketones is 1. The summed E-state index contributed by atoms with van der Waals surface area (Å²) in [7, 11) is 0. The van der Waals surface area contributed by atoms with Gasteiger partial charge in [-0.25, -0.2) is 0 Å². The largest absolute Gasteiger partial charge is 0.472 e. The number of hydrogen-bond acceptors (Lipinski definition) is 3. The molecule has 0 saturated carbocycles. The number of hydrogen-bond donors (Lipinski definition) is 0. The highest BCUT2D eigenvalue weighted by molar-refractivity contribution is 6.02. The predicted molar refractivity (Wildman–Crippen MR) is 79.3 cm³/mol. The second-order valence-corrected chi connectivity index (χ2v) is 4.95. The second kappa shape index (κ2) is 6.59. The minimum atomic E-state index is -0.893. The zero-order chi connectivity index (χ0) is 15.1. The SMILES string of the molecule is CC(C#Cc1ccccc1)(CCC#N)C(=O)c1ccoc1. The molecule has 1 atom stereocenters. The number of nitriles is 1. The average molecular weight is 277 g/mol. The van der Waals surface area contributed by atoms with Gasteiger partial charge in [0.25, 0.3) is 0 Å². The van der Waals surface area contributed by atoms with Crippen molar-refractivity contribution in [1.82, 2.24) is 0 Å². The molecule has 2 aromatic rings. The van der Waals surface area contributed by atoms with E-state index in [9.17, 15) is 4.79 Å². The van der Waals surface area contributed by atoms with Crippen molar-refractivity contribution >= 4 is 5.78 Å². The van der Waals surface area contributed by atoms with Crippen LogP contribution in [0, 0.1) is 28.6 Å². The van der Waals surface area contributed by atoms with Gasteiger partial charge >= 0.3 is 0 Å². The molecule has 1 heterocycles. The Morgan fingerprint density at radius 3 is 2.67 bits per heavy atom. The van der Waals surface area contributed by atoms with Crippen molar-refractivity contribution in [3.8, 4) is 17.9 Å². The van der Waals surface area contributed by atoms with E-state index in [1.807, 2.05) is 30.3 Å². The van der Waals surface area contributed by atoms with Crippen LogP contribution in [0.1, 0.15) is 35.7 Å². The Labute approximate surface area is 124 Å². The van der Waals surface area contributed by atoms with Gasteiger partial charge in [0, 0.05) is 12.0 Å². The first-order chi connectivity index (χ1) is 10.2. The van der Waals surface area contributed by atoms with E-state index in [1.165, 1.54) is 12.5 Å². The molecule has 2 rings (SSSR count). The van der Waals surface area contributed by atoms with Crippen LogP contribution in [-0.2, 0) is 0 Å². The number of carbonyl (C=O) groups is 1. The van der Waals surface area contributed by atoms with Crippen LogP contribution >= 0.6 is 0 Å². The van der Waals surface area contributed by atoms with Crippen molar-refractivity contribution in [1.29, 1.82) is 5.26 Å². The third-order valence-corrected chi connectivity index (χ3v) is 3.28. The number of carbonyl (C=O) groups excluding carboxylic acids is 1. The summed E-state index contributed by atoms with van der Waals surface area (Å²) in [5.74, 6) is 5.95. The van der Waals surface area contributed by atoms with E-state index in [4.69, 9.17) is 9.68 Å². The fourth-order valence-corrected chi connectivity index (χ4v) is 1.98. The van der Waals surface area contributed by atoms with Gasteiger partial charge in [-0.2, -0.15) is 5.26 Å². The van der Waals surface area contributed by atoms with E-state index in [2.05, 4.69) is 17.9 Å². The molecule has 0 saturated heterocycles. The van der Waals surface area contributed by atoms with E-state index in [-0.39, 0.29) is 12.2 Å². The van der Waals surface area contributed by atoms with Gasteiger partial charge in [0.2, 0.25) is 0 Å². The molecule has 3 heteroatoms. The lowest BCUT2D eigenvalue weighted by Gasteiger charge is -2.19. The fourth-order valence-electron chi connectivity index (χ4n) is 1.98. The normalized spacial score (nSPS) is 12.6. The lowest BCUT2D eigenvalue weighted by Crippen LogP contribution is -2.26. The molecule has 0 aliphatic rings. The molecule has 0 bridgehead atoms. The quantitative estimate of drug-likeness (QED) is 0.630. The van der Waals surface area contributed by atoms with Crippen molar-refractivity contribution < 1.29 is 9.21 Å². The van der Waals surface area contributed by atoms with Crippen molar-refractivity contribution in [3.63, 3.8) is 0 Å². The number of furan rings is 1. The zero-order valence-electron chi connectivity index (χ0n) is 11.8. The first kappa shape index (κ1) is 14.6. The standard InChI is InChI=1S/C18H15NO2/c1-18(10-5-12-19,17(20)16-9-13-21-14-16)11-8-15-6-3-2-4-7-15/h2-4,6-7,9,13-14H,5,10H2,1H3. The van der Waals surface area contributed by atoms with Gasteiger partial charge in [0.05, 0.1) is 23.3 Å². The minimum Gasteiger partial charge on any atom is -0.472 e. The van der Waals surface area contributed by atoms with Crippen molar-refractivity contribution in [2.45, 2.75) is 19.8 Å². The molecule has 0 aliphatic heterocycles. The third kappa shape index (κ3) is 3.61. The number of rotatable bonds is 4. The molecule has 1 aromatic carbocycles. The highest BCUT2D eigenvalue weighted by Crippen LogP contribution is 2.28. The maximum absolute atomic E-state index is 12.6. The monoisotopic (exact) mass is 277 g/mol. The minimum absolute atomic E-state index is 0.116. The van der Waals surface area contributed by atoms with Crippen LogP contribution in [0.2, 0.25) is 0 Å². The van der Waals surface area contributed by atoms with E-state index in [0.29, 0.717) is 12.0 Å². The summed E-state index contributed by atoms with van der Waals surface area (Å²) in [6.07, 6.45) is 3.55. The van der Waals surface area contributed by atoms with Crippen LogP contribution in [0.25, 0.3) is 0 Å². The van der Waals surface area contributed by atoms with E-state index < -0.39 is 5.41 Å². The van der Waals surface area contributed by atoms with Crippen LogP contribution in [-0.4, -0.2) is 5.78 Å². The zero-order valence-corrected chi connectivity index (χ0v) is 11.8. The Hall–Kier alpha value is -2.78. The van der Waals surface area contributed by atoms with Gasteiger partial charge in [-0.15, -0.1) is 0 Å². The summed E-state index contributed by atoms with van der Waals surface area (Å²) in [6, 6.07) is 13.2. The average Bonchev–Trinajstić information content (AvgIpc) is 3.05. The van der Waals surface area contributed by atoms with Gasteiger partial charge < -0.3 is 4.42 Å². The van der Waals surface area contributed by atoms with E-state index in [1.54, 1.807) is 13.0 Å².